The van der Waals surface area contributed by atoms with Crippen molar-refractivity contribution in [1.29, 1.82) is 0 Å². The number of nitrogens with one attached hydrogen (secondary N) is 1. The summed E-state index contributed by atoms with van der Waals surface area (Å²) in [5, 5.41) is 13.8. The Morgan fingerprint density at radius 3 is 2.70 bits per heavy atom. The molecule has 0 bridgehead atoms. The molecule has 2 aromatic heterocycles. The molecule has 0 spiro atoms. The average Bonchev–Trinajstić information content (AvgIpc) is 3.12. The summed E-state index contributed by atoms with van der Waals surface area (Å²) in [5.41, 5.74) is -0.303. The maximum absolute atomic E-state index is 13.0. The molecular formula is C20H20N2O6S2. The molecule has 1 aliphatic carbocycles. The molecule has 2 heterocycles. The fraction of sp³-hybridized carbons (Fsp3) is 0.300. The standard InChI is InChI=1S/C20H20N2O6S2/c1-12-18(13-6-4-3-5-7-13)20(12,19(23)24)22-30(25,26)17-9-8-16(29-17)15-10-14(11-27-2)28-21-15/h3-10,12,18,22H,11H2,1-2H3,(H,23,24)/t12?,18?,20-/m0/s1. The zero-order chi connectivity index (χ0) is 21.5. The highest BCUT2D eigenvalue weighted by Gasteiger charge is 2.70. The van der Waals surface area contributed by atoms with Gasteiger partial charge in [0.15, 0.2) is 5.76 Å². The number of hydrogen-bond acceptors (Lipinski definition) is 7. The topological polar surface area (TPSA) is 119 Å². The Labute approximate surface area is 177 Å². The number of sulfonamides is 1. The molecule has 4 rings (SSSR count). The lowest BCUT2D eigenvalue weighted by Crippen LogP contribution is -2.45. The minimum atomic E-state index is -4.06. The lowest BCUT2D eigenvalue weighted by molar-refractivity contribution is -0.140. The van der Waals surface area contributed by atoms with Crippen LogP contribution in [0.25, 0.3) is 10.6 Å². The van der Waals surface area contributed by atoms with Gasteiger partial charge in [0.2, 0.25) is 0 Å². The van der Waals surface area contributed by atoms with Crippen molar-refractivity contribution in [3.05, 3.63) is 59.9 Å². The van der Waals surface area contributed by atoms with Crippen molar-refractivity contribution >= 4 is 27.3 Å². The van der Waals surface area contributed by atoms with Gasteiger partial charge in [0, 0.05) is 19.1 Å². The van der Waals surface area contributed by atoms with Crippen molar-refractivity contribution in [3.8, 4) is 10.6 Å². The van der Waals surface area contributed by atoms with Gasteiger partial charge in [-0.05, 0) is 23.6 Å². The van der Waals surface area contributed by atoms with Crippen LogP contribution in [0.1, 0.15) is 24.2 Å². The molecule has 1 aliphatic rings. The molecule has 0 radical (unpaired) electrons. The molecule has 1 saturated carbocycles. The number of methoxy groups -OCH3 is 1. The Morgan fingerprint density at radius 2 is 2.03 bits per heavy atom. The lowest BCUT2D eigenvalue weighted by Gasteiger charge is -2.15. The van der Waals surface area contributed by atoms with Crippen molar-refractivity contribution in [2.24, 2.45) is 5.92 Å². The van der Waals surface area contributed by atoms with Gasteiger partial charge >= 0.3 is 5.97 Å². The quantitative estimate of drug-likeness (QED) is 0.543. The van der Waals surface area contributed by atoms with E-state index in [1.165, 1.54) is 13.2 Å². The summed E-state index contributed by atoms with van der Waals surface area (Å²) >= 11 is 0.996. The number of carbonyl (C=O) groups is 1. The number of carboxylic acids is 1. The summed E-state index contributed by atoms with van der Waals surface area (Å²) < 4.78 is 38.7. The normalized spacial score (nSPS) is 23.4. The number of rotatable bonds is 8. The molecular weight excluding hydrogens is 428 g/mol. The van der Waals surface area contributed by atoms with Crippen molar-refractivity contribution in [2.45, 2.75) is 29.2 Å². The second-order valence-electron chi connectivity index (χ2n) is 7.19. The van der Waals surface area contributed by atoms with E-state index in [9.17, 15) is 18.3 Å². The van der Waals surface area contributed by atoms with E-state index in [2.05, 4.69) is 9.88 Å². The Morgan fingerprint density at radius 1 is 1.30 bits per heavy atom. The monoisotopic (exact) mass is 448 g/mol. The third kappa shape index (κ3) is 3.45. The van der Waals surface area contributed by atoms with E-state index in [4.69, 9.17) is 9.26 Å². The Balaban J connectivity index is 1.61. The Kier molecular flexibility index (Phi) is 5.27. The van der Waals surface area contributed by atoms with Crippen LogP contribution < -0.4 is 4.72 Å². The van der Waals surface area contributed by atoms with E-state index in [-0.39, 0.29) is 10.8 Å². The molecule has 8 nitrogen and oxygen atoms in total. The van der Waals surface area contributed by atoms with E-state index in [1.54, 1.807) is 19.1 Å². The fourth-order valence-corrected chi connectivity index (χ4v) is 6.53. The highest BCUT2D eigenvalue weighted by molar-refractivity contribution is 7.91. The van der Waals surface area contributed by atoms with Crippen LogP contribution in [0.3, 0.4) is 0 Å². The number of hydrogen-bond donors (Lipinski definition) is 2. The molecule has 0 aliphatic heterocycles. The summed E-state index contributed by atoms with van der Waals surface area (Å²) in [6.07, 6.45) is 0. The van der Waals surface area contributed by atoms with Crippen molar-refractivity contribution < 1.29 is 27.6 Å². The third-order valence-corrected chi connectivity index (χ3v) is 8.44. The van der Waals surface area contributed by atoms with E-state index >= 15 is 0 Å². The zero-order valence-electron chi connectivity index (χ0n) is 16.2. The summed E-state index contributed by atoms with van der Waals surface area (Å²) in [5.74, 6) is -1.51. The smallest absolute Gasteiger partial charge is 0.325 e. The van der Waals surface area contributed by atoms with Crippen LogP contribution in [0.2, 0.25) is 0 Å². The van der Waals surface area contributed by atoms with Gasteiger partial charge in [0.05, 0.1) is 4.88 Å². The molecule has 2 N–H and O–H groups in total. The largest absolute Gasteiger partial charge is 0.480 e. The van der Waals surface area contributed by atoms with E-state index in [0.29, 0.717) is 16.3 Å². The molecule has 0 amide bonds. The fourth-order valence-electron chi connectivity index (χ4n) is 3.82. The Hall–Kier alpha value is -2.53. The van der Waals surface area contributed by atoms with Crippen LogP contribution in [-0.4, -0.2) is 37.3 Å². The first-order chi connectivity index (χ1) is 14.3. The lowest BCUT2D eigenvalue weighted by atomic mass is 10.1. The summed E-state index contributed by atoms with van der Waals surface area (Å²) in [4.78, 5) is 12.7. The van der Waals surface area contributed by atoms with Gasteiger partial charge in [-0.25, -0.2) is 8.42 Å². The predicted octanol–water partition coefficient (Wildman–Crippen LogP) is 3.08. The minimum absolute atomic E-state index is 0.0142. The highest BCUT2D eigenvalue weighted by Crippen LogP contribution is 2.58. The molecule has 3 aromatic rings. The van der Waals surface area contributed by atoms with Crippen LogP contribution >= 0.6 is 11.3 Å². The third-order valence-electron chi connectivity index (χ3n) is 5.36. The van der Waals surface area contributed by atoms with E-state index in [1.807, 2.05) is 30.3 Å². The molecule has 158 valence electrons. The second-order valence-corrected chi connectivity index (χ2v) is 10.2. The number of ether oxygens (including phenoxy) is 1. The molecule has 30 heavy (non-hydrogen) atoms. The zero-order valence-corrected chi connectivity index (χ0v) is 17.9. The van der Waals surface area contributed by atoms with Crippen molar-refractivity contribution in [3.63, 3.8) is 0 Å². The first-order valence-electron chi connectivity index (χ1n) is 9.16. The maximum atomic E-state index is 13.0. The van der Waals surface area contributed by atoms with Crippen LogP contribution in [0.4, 0.5) is 0 Å². The van der Waals surface area contributed by atoms with Gasteiger partial charge in [0.25, 0.3) is 10.0 Å². The number of benzene rings is 1. The predicted molar refractivity (Wildman–Crippen MR) is 110 cm³/mol. The van der Waals surface area contributed by atoms with E-state index in [0.717, 1.165) is 16.9 Å². The Bertz CT molecular complexity index is 1170. The number of carboxylic acid groups (broad SMARTS) is 1. The molecule has 0 saturated heterocycles. The van der Waals surface area contributed by atoms with Crippen molar-refractivity contribution in [1.82, 2.24) is 9.88 Å². The number of thiophene rings is 1. The van der Waals surface area contributed by atoms with Gasteiger partial charge < -0.3 is 14.4 Å². The highest BCUT2D eigenvalue weighted by atomic mass is 32.2. The molecule has 3 atom stereocenters. The number of aliphatic carboxylic acids is 1. The first kappa shape index (κ1) is 20.7. The number of nitrogens with zero attached hydrogens (tertiary/aromatic N) is 1. The SMILES string of the molecule is COCc1cc(-c2ccc(S(=O)(=O)N[C@@]3(C(=O)O)C(C)C3c3ccccc3)s2)no1. The average molecular weight is 449 g/mol. The first-order valence-corrected chi connectivity index (χ1v) is 11.5. The van der Waals surface area contributed by atoms with Gasteiger partial charge in [0.1, 0.15) is 22.0 Å². The minimum Gasteiger partial charge on any atom is -0.480 e. The van der Waals surface area contributed by atoms with Crippen LogP contribution in [0.5, 0.6) is 0 Å². The van der Waals surface area contributed by atoms with Crippen LogP contribution in [0.15, 0.2) is 57.3 Å². The second kappa shape index (κ2) is 7.62. The molecule has 1 fully saturated rings. The maximum Gasteiger partial charge on any atom is 0.325 e. The summed E-state index contributed by atoms with van der Waals surface area (Å²) in [6.45, 7) is 1.99. The van der Waals surface area contributed by atoms with Crippen LogP contribution in [-0.2, 0) is 26.2 Å². The summed E-state index contributed by atoms with van der Waals surface area (Å²) in [6, 6.07) is 13.8. The van der Waals surface area contributed by atoms with Gasteiger partial charge in [-0.1, -0.05) is 42.4 Å². The van der Waals surface area contributed by atoms with Crippen LogP contribution in [0, 0.1) is 5.92 Å². The summed E-state index contributed by atoms with van der Waals surface area (Å²) in [7, 11) is -2.53. The molecule has 2 unspecified atom stereocenters. The van der Waals surface area contributed by atoms with Gasteiger partial charge in [-0.3, -0.25) is 4.79 Å². The van der Waals surface area contributed by atoms with Gasteiger partial charge in [-0.15, -0.1) is 11.3 Å². The van der Waals surface area contributed by atoms with E-state index < -0.39 is 33.4 Å². The van der Waals surface area contributed by atoms with Gasteiger partial charge in [-0.2, -0.15) is 4.72 Å². The molecule has 1 aromatic carbocycles. The van der Waals surface area contributed by atoms with Crippen molar-refractivity contribution in [2.75, 3.05) is 7.11 Å². The number of aromatic nitrogens is 1. The molecule has 10 heteroatoms.